The first-order valence-electron chi connectivity index (χ1n) is 1.36. The Bertz CT molecular complexity index is 81.6. The highest BCUT2D eigenvalue weighted by molar-refractivity contribution is 6.22. The van der Waals surface area contributed by atoms with E-state index in [0.717, 1.165) is 0 Å². The fourth-order valence-electron chi connectivity index (χ4n) is 0.158. The van der Waals surface area contributed by atoms with Gasteiger partial charge < -0.3 is 8.95 Å². The smallest absolute Gasteiger partial charge is 0.441 e. The molecule has 3 N–H and O–H groups in total. The Hall–Kier alpha value is -0.713. The quantitative estimate of drug-likeness (QED) is 0.319. The molecule has 6 heavy (non-hydrogen) atoms. The van der Waals surface area contributed by atoms with Gasteiger partial charge in [-0.3, -0.25) is 5.73 Å². The summed E-state index contributed by atoms with van der Waals surface area (Å²) in [4.78, 5) is 0. The van der Waals surface area contributed by atoms with Crippen LogP contribution in [0.2, 0.25) is 0 Å². The van der Waals surface area contributed by atoms with Crippen molar-refractivity contribution < 1.29 is 14.1 Å². The average molecular weight is 103 g/mol. The molecule has 1 aliphatic heterocycles. The maximum Gasteiger partial charge on any atom is 0.667 e. The molecule has 0 spiro atoms. The predicted molar refractivity (Wildman–Crippen MR) is 18.1 cm³/mol. The Morgan fingerprint density at radius 2 is 2.67 bits per heavy atom. The average Bonchev–Trinajstić information content (AvgIpc) is 1.86. The van der Waals surface area contributed by atoms with Gasteiger partial charge in [0.05, 0.1) is 0 Å². The van der Waals surface area contributed by atoms with Crippen molar-refractivity contribution in [1.82, 2.24) is 0 Å². The topological polar surface area (TPSA) is 58.5 Å². The third-order valence-corrected chi connectivity index (χ3v) is 0.834. The van der Waals surface area contributed by atoms with Crippen LogP contribution in [-0.4, -0.2) is 16.0 Å². The zero-order chi connectivity index (χ0) is 4.41. The summed E-state index contributed by atoms with van der Waals surface area (Å²) in [5.41, 5.74) is 5.00. The lowest BCUT2D eigenvalue weighted by atomic mass is 11.2. The molecule has 1 rings (SSSR count). The van der Waals surface area contributed by atoms with E-state index in [1.54, 1.807) is 0 Å². The van der Waals surface area contributed by atoms with Crippen molar-refractivity contribution in [2.75, 3.05) is 0 Å². The third kappa shape index (κ3) is 0.435. The second kappa shape index (κ2) is 1.17. The summed E-state index contributed by atoms with van der Waals surface area (Å²) in [5.74, 6) is 0. The van der Waals surface area contributed by atoms with E-state index < -0.39 is 0 Å². The maximum absolute atomic E-state index is 5.00. The standard InChI is InChI=1S/CH2N2O2Si/c2-1-3-5-6-4-1/h(H2,2,3)/p+1. The number of rotatable bonds is 0. The lowest BCUT2D eigenvalue weighted by molar-refractivity contribution is -0.705. The van der Waals surface area contributed by atoms with E-state index in [1.165, 1.54) is 0 Å². The second-order valence-corrected chi connectivity index (χ2v) is 1.33. The van der Waals surface area contributed by atoms with E-state index in [9.17, 15) is 0 Å². The number of nitrogens with two attached hydrogens (primary N) is 1. The first kappa shape index (κ1) is 3.48. The van der Waals surface area contributed by atoms with Crippen LogP contribution >= 0.6 is 0 Å². The number of hydrogen-bond acceptors (Lipinski definition) is 3. The van der Waals surface area contributed by atoms with Gasteiger partial charge in [-0.1, -0.05) is 5.16 Å². The lowest BCUT2D eigenvalue weighted by Gasteiger charge is -1.72. The van der Waals surface area contributed by atoms with Crippen molar-refractivity contribution in [2.24, 2.45) is 5.73 Å². The summed E-state index contributed by atoms with van der Waals surface area (Å²) in [6.45, 7) is 0. The minimum atomic E-state index is 0.0158. The van der Waals surface area contributed by atoms with Crippen molar-refractivity contribution in [3.05, 3.63) is 0 Å². The van der Waals surface area contributed by atoms with Crippen LogP contribution in [0, 0.1) is 0 Å². The highest BCUT2D eigenvalue weighted by Gasteiger charge is 2.12. The van der Waals surface area contributed by atoms with Gasteiger partial charge >= 0.3 is 16.0 Å². The highest BCUT2D eigenvalue weighted by Crippen LogP contribution is 1.62. The Balaban J connectivity index is 2.45. The van der Waals surface area contributed by atoms with Gasteiger partial charge in [-0.05, 0) is 0 Å². The normalized spacial score (nSPS) is 18.3. The van der Waals surface area contributed by atoms with E-state index >= 15 is 0 Å². The molecule has 0 aromatic carbocycles. The van der Waals surface area contributed by atoms with Gasteiger partial charge in [0.25, 0.3) is 0 Å². The fourth-order valence-corrected chi connectivity index (χ4v) is 0.473. The Labute approximate surface area is 37.0 Å². The summed E-state index contributed by atoms with van der Waals surface area (Å²) >= 11 is 0. The molecule has 0 unspecified atom stereocenters. The molecule has 1 heterocycles. The Kier molecular flexibility index (Phi) is 0.679. The van der Waals surface area contributed by atoms with Crippen LogP contribution in [-0.2, 0) is 8.95 Å². The molecule has 0 atom stereocenters. The minimum Gasteiger partial charge on any atom is -0.441 e. The molecule has 2 radical (unpaired) electrons. The molecule has 0 aliphatic carbocycles. The summed E-state index contributed by atoms with van der Waals surface area (Å²) in [6, 6.07) is 0.244. The predicted octanol–water partition coefficient (Wildman–Crippen LogP) is -3.12. The number of amidine groups is 1. The molecule has 5 heteroatoms. The van der Waals surface area contributed by atoms with Crippen LogP contribution in [0.5, 0.6) is 0 Å². The molecule has 4 nitrogen and oxygen atoms in total. The van der Waals surface area contributed by atoms with Crippen molar-refractivity contribution in [1.29, 1.82) is 0 Å². The van der Waals surface area contributed by atoms with E-state index in [2.05, 4.69) is 14.1 Å². The van der Waals surface area contributed by atoms with Crippen LogP contribution in [0.25, 0.3) is 0 Å². The molecular weight excluding hydrogens is 100 g/mol. The minimum absolute atomic E-state index is 0.0158. The molecule has 0 saturated heterocycles. The van der Waals surface area contributed by atoms with Crippen LogP contribution in [0.15, 0.2) is 0 Å². The van der Waals surface area contributed by atoms with Crippen LogP contribution in [0.3, 0.4) is 0 Å². The molecule has 0 amide bonds. The molecule has 0 aromatic rings. The maximum atomic E-state index is 5.00. The van der Waals surface area contributed by atoms with Gasteiger partial charge in [-0.2, -0.15) is 0 Å². The summed E-state index contributed by atoms with van der Waals surface area (Å²) in [7, 11) is 0.0158. The molecule has 0 fully saturated rings. The molecule has 1 aliphatic rings. The largest absolute Gasteiger partial charge is 0.667 e. The van der Waals surface area contributed by atoms with E-state index in [1.807, 2.05) is 0 Å². The summed E-state index contributed by atoms with van der Waals surface area (Å²) in [5, 5.41) is 2.30. The van der Waals surface area contributed by atoms with Crippen LogP contribution in [0.1, 0.15) is 0 Å². The number of hydrogen-bond donors (Lipinski definition) is 2. The molecule has 32 valence electrons. The van der Waals surface area contributed by atoms with Crippen molar-refractivity contribution in [3.63, 3.8) is 0 Å². The summed E-state index contributed by atoms with van der Waals surface area (Å²) < 4.78 is 8.99. The van der Waals surface area contributed by atoms with Crippen LogP contribution in [0.4, 0.5) is 0 Å². The molecule has 0 aromatic heterocycles. The van der Waals surface area contributed by atoms with Crippen LogP contribution < -0.4 is 10.9 Å². The van der Waals surface area contributed by atoms with E-state index in [4.69, 9.17) is 5.73 Å². The SMILES string of the molecule is NC1=[NH+]O[Si]O1. The summed E-state index contributed by atoms with van der Waals surface area (Å²) in [6.07, 6.45) is 0. The van der Waals surface area contributed by atoms with Gasteiger partial charge in [0.15, 0.2) is 0 Å². The lowest BCUT2D eigenvalue weighted by Crippen LogP contribution is -2.70. The van der Waals surface area contributed by atoms with Gasteiger partial charge in [0.2, 0.25) is 0 Å². The van der Waals surface area contributed by atoms with Gasteiger partial charge in [-0.25, -0.2) is 0 Å². The molecule has 0 saturated carbocycles. The first-order valence-corrected chi connectivity index (χ1v) is 2.17. The van der Waals surface area contributed by atoms with E-state index in [0.29, 0.717) is 0 Å². The van der Waals surface area contributed by atoms with Gasteiger partial charge in [0.1, 0.15) is 0 Å². The van der Waals surface area contributed by atoms with Crippen molar-refractivity contribution >= 4 is 16.0 Å². The highest BCUT2D eigenvalue weighted by atomic mass is 28.3. The van der Waals surface area contributed by atoms with Crippen molar-refractivity contribution in [3.8, 4) is 0 Å². The fraction of sp³-hybridized carbons (Fsp3) is 0. The van der Waals surface area contributed by atoms with Gasteiger partial charge in [-0.15, -0.1) is 0 Å². The first-order chi connectivity index (χ1) is 2.89. The Morgan fingerprint density at radius 3 is 2.83 bits per heavy atom. The molecular formula is CH3N2O2Si+. The van der Waals surface area contributed by atoms with Gasteiger partial charge in [0, 0.05) is 0 Å². The second-order valence-electron chi connectivity index (χ2n) is 0.754. The zero-order valence-corrected chi connectivity index (χ0v) is 3.89. The molecule has 0 bridgehead atoms. The third-order valence-electron chi connectivity index (χ3n) is 0.345. The van der Waals surface area contributed by atoms with E-state index in [-0.39, 0.29) is 16.0 Å². The zero-order valence-electron chi connectivity index (χ0n) is 2.89. The van der Waals surface area contributed by atoms with Crippen molar-refractivity contribution in [2.45, 2.75) is 0 Å². The monoisotopic (exact) mass is 103 g/mol. The number of nitrogens with one attached hydrogen (secondary N) is 1. The Morgan fingerprint density at radius 1 is 1.83 bits per heavy atom.